The van der Waals surface area contributed by atoms with Crippen molar-refractivity contribution in [2.75, 3.05) is 18.1 Å². The summed E-state index contributed by atoms with van der Waals surface area (Å²) in [5.74, 6) is -1.16. The number of benzene rings is 1. The molecule has 4 rings (SSSR count). The summed E-state index contributed by atoms with van der Waals surface area (Å²) in [5, 5.41) is 0. The maximum Gasteiger partial charge on any atom is 0.312 e. The van der Waals surface area contributed by atoms with Gasteiger partial charge in [0.15, 0.2) is 0 Å². The number of aryl methyl sites for hydroxylation is 1. The minimum Gasteiger partial charge on any atom is -0.465 e. The second-order valence-electron chi connectivity index (χ2n) is 7.87. The highest BCUT2D eigenvalue weighted by Gasteiger charge is 2.67. The van der Waals surface area contributed by atoms with Crippen LogP contribution < -0.4 is 4.90 Å². The number of amides is 1. The average molecular weight is 355 g/mol. The van der Waals surface area contributed by atoms with Gasteiger partial charge in [0.05, 0.1) is 25.2 Å². The summed E-state index contributed by atoms with van der Waals surface area (Å²) in [6.07, 6.45) is 4.48. The van der Waals surface area contributed by atoms with Crippen LogP contribution in [0.25, 0.3) is 0 Å². The van der Waals surface area contributed by atoms with Crippen molar-refractivity contribution in [3.05, 3.63) is 42.0 Å². The summed E-state index contributed by atoms with van der Waals surface area (Å²) in [4.78, 5) is 27.6. The van der Waals surface area contributed by atoms with Gasteiger partial charge in [0.1, 0.15) is 11.5 Å². The molecule has 138 valence electrons. The van der Waals surface area contributed by atoms with Gasteiger partial charge in [-0.05, 0) is 30.0 Å². The zero-order valence-electron chi connectivity index (χ0n) is 15.5. The molecular weight excluding hydrogens is 330 g/mol. The van der Waals surface area contributed by atoms with Crippen molar-refractivity contribution in [2.24, 2.45) is 17.8 Å². The number of ether oxygens (including phenoxy) is 2. The summed E-state index contributed by atoms with van der Waals surface area (Å²) in [6.45, 7) is 6.90. The molecule has 26 heavy (non-hydrogen) atoms. The quantitative estimate of drug-likeness (QED) is 0.602. The number of rotatable bonds is 5. The first-order chi connectivity index (χ1) is 12.4. The maximum atomic E-state index is 13.2. The van der Waals surface area contributed by atoms with E-state index in [0.717, 1.165) is 12.1 Å². The molecule has 2 fully saturated rings. The molecule has 1 amide bonds. The molecule has 0 saturated carbocycles. The van der Waals surface area contributed by atoms with Crippen molar-refractivity contribution >= 4 is 17.6 Å². The zero-order valence-corrected chi connectivity index (χ0v) is 15.5. The van der Waals surface area contributed by atoms with Gasteiger partial charge < -0.3 is 14.4 Å². The number of nitrogens with zero attached hydrogens (tertiary/aromatic N) is 1. The monoisotopic (exact) mass is 355 g/mol. The molecule has 1 spiro atoms. The molecule has 0 radical (unpaired) electrons. The van der Waals surface area contributed by atoms with Crippen molar-refractivity contribution in [1.29, 1.82) is 0 Å². The molecule has 0 unspecified atom stereocenters. The zero-order chi connectivity index (χ0) is 18.5. The first-order valence-corrected chi connectivity index (χ1v) is 9.39. The minimum absolute atomic E-state index is 0.0485. The van der Waals surface area contributed by atoms with Crippen molar-refractivity contribution in [1.82, 2.24) is 0 Å². The molecule has 1 aromatic carbocycles. The Balaban J connectivity index is 1.59. The van der Waals surface area contributed by atoms with Gasteiger partial charge in [-0.1, -0.05) is 45.1 Å². The molecule has 2 bridgehead atoms. The van der Waals surface area contributed by atoms with E-state index in [1.165, 1.54) is 5.56 Å². The predicted octanol–water partition coefficient (Wildman–Crippen LogP) is 2.73. The average Bonchev–Trinajstić information content (AvgIpc) is 3.28. The molecule has 5 nitrogen and oxygen atoms in total. The lowest BCUT2D eigenvalue weighted by Crippen LogP contribution is -2.40. The van der Waals surface area contributed by atoms with Gasteiger partial charge in [0, 0.05) is 5.69 Å². The Hall–Kier alpha value is -2.14. The van der Waals surface area contributed by atoms with E-state index in [2.05, 4.69) is 6.92 Å². The smallest absolute Gasteiger partial charge is 0.312 e. The van der Waals surface area contributed by atoms with E-state index in [0.29, 0.717) is 13.2 Å². The molecular formula is C21H25NO4. The number of hydrogen-bond acceptors (Lipinski definition) is 4. The first kappa shape index (κ1) is 17.3. The third-order valence-corrected chi connectivity index (χ3v) is 5.59. The Morgan fingerprint density at radius 3 is 2.73 bits per heavy atom. The number of esters is 1. The summed E-state index contributed by atoms with van der Waals surface area (Å²) in [6, 6.07) is 8.02. The second-order valence-corrected chi connectivity index (χ2v) is 7.87. The summed E-state index contributed by atoms with van der Waals surface area (Å²) >= 11 is 0. The van der Waals surface area contributed by atoms with Gasteiger partial charge in [0.2, 0.25) is 5.91 Å². The normalized spacial score (nSPS) is 31.8. The number of carbonyl (C=O) groups is 2. The highest BCUT2D eigenvalue weighted by molar-refractivity contribution is 6.02. The van der Waals surface area contributed by atoms with Crippen LogP contribution in [0.5, 0.6) is 0 Å². The molecule has 0 aromatic heterocycles. The Labute approximate surface area is 154 Å². The molecule has 3 heterocycles. The lowest BCUT2D eigenvalue weighted by Gasteiger charge is -2.23. The van der Waals surface area contributed by atoms with Crippen LogP contribution in [0.15, 0.2) is 36.4 Å². The van der Waals surface area contributed by atoms with Crippen LogP contribution in [0.4, 0.5) is 5.69 Å². The van der Waals surface area contributed by atoms with Crippen LogP contribution in [0.2, 0.25) is 0 Å². The van der Waals surface area contributed by atoms with Crippen molar-refractivity contribution in [3.63, 3.8) is 0 Å². The number of fused-ring (bicyclic) bond motifs is 1. The molecule has 3 aliphatic rings. The van der Waals surface area contributed by atoms with Crippen molar-refractivity contribution < 1.29 is 19.1 Å². The van der Waals surface area contributed by atoms with Crippen LogP contribution in [-0.4, -0.2) is 36.7 Å². The topological polar surface area (TPSA) is 55.8 Å². The molecule has 1 aromatic rings. The highest BCUT2D eigenvalue weighted by atomic mass is 16.6. The minimum atomic E-state index is -0.702. The van der Waals surface area contributed by atoms with Crippen LogP contribution in [0.3, 0.4) is 0 Å². The standard InChI is InChI=1S/C21H25NO4/c1-4-14-5-7-15(8-6-14)22-12-21-10-9-16(26-21)17(18(21)19(22)23)20(24)25-11-13(2)3/h5-10,13,16-18H,4,11-12H2,1-3H3/t16-,17+,18-,21-/m1/s1. The lowest BCUT2D eigenvalue weighted by atomic mass is 9.77. The van der Waals surface area contributed by atoms with Crippen molar-refractivity contribution in [3.8, 4) is 0 Å². The lowest BCUT2D eigenvalue weighted by molar-refractivity contribution is -0.153. The fraction of sp³-hybridized carbons (Fsp3) is 0.524. The summed E-state index contributed by atoms with van der Waals surface area (Å²) in [7, 11) is 0. The molecule has 5 heteroatoms. The number of hydrogen-bond donors (Lipinski definition) is 0. The van der Waals surface area contributed by atoms with Gasteiger partial charge in [0.25, 0.3) is 0 Å². The fourth-order valence-corrected chi connectivity index (χ4v) is 4.24. The molecule has 3 aliphatic heterocycles. The highest BCUT2D eigenvalue weighted by Crippen LogP contribution is 2.52. The van der Waals surface area contributed by atoms with E-state index < -0.39 is 17.4 Å². The van der Waals surface area contributed by atoms with Crippen LogP contribution in [0.1, 0.15) is 26.3 Å². The first-order valence-electron chi connectivity index (χ1n) is 9.39. The third kappa shape index (κ3) is 2.57. The number of carbonyl (C=O) groups excluding carboxylic acids is 2. The van der Waals surface area contributed by atoms with Crippen LogP contribution in [0, 0.1) is 17.8 Å². The Bertz CT molecular complexity index is 754. The van der Waals surface area contributed by atoms with E-state index in [4.69, 9.17) is 9.47 Å². The maximum absolute atomic E-state index is 13.2. The van der Waals surface area contributed by atoms with E-state index >= 15 is 0 Å². The van der Waals surface area contributed by atoms with Crippen molar-refractivity contribution in [2.45, 2.75) is 38.9 Å². The molecule has 4 atom stereocenters. The van der Waals surface area contributed by atoms with E-state index in [-0.39, 0.29) is 23.9 Å². The van der Waals surface area contributed by atoms with Crippen LogP contribution in [-0.2, 0) is 25.5 Å². The van der Waals surface area contributed by atoms with Gasteiger partial charge >= 0.3 is 5.97 Å². The fourth-order valence-electron chi connectivity index (χ4n) is 4.24. The van der Waals surface area contributed by atoms with Gasteiger partial charge in [-0.2, -0.15) is 0 Å². The Morgan fingerprint density at radius 1 is 1.35 bits per heavy atom. The van der Waals surface area contributed by atoms with Gasteiger partial charge in [-0.15, -0.1) is 0 Å². The van der Waals surface area contributed by atoms with E-state index in [9.17, 15) is 9.59 Å². The molecule has 2 saturated heterocycles. The summed E-state index contributed by atoms with van der Waals surface area (Å²) in [5.41, 5.74) is 1.38. The second kappa shape index (κ2) is 6.23. The Kier molecular flexibility index (Phi) is 4.14. The van der Waals surface area contributed by atoms with E-state index in [1.54, 1.807) is 4.90 Å². The number of anilines is 1. The van der Waals surface area contributed by atoms with Gasteiger partial charge in [-0.3, -0.25) is 9.59 Å². The SMILES string of the molecule is CCc1ccc(N2C[C@@]34C=C[C@@H](O3)[C@H](C(=O)OCC(C)C)[C@@H]4C2=O)cc1. The van der Waals surface area contributed by atoms with Crippen LogP contribution >= 0.6 is 0 Å². The summed E-state index contributed by atoms with van der Waals surface area (Å²) < 4.78 is 11.6. The molecule has 0 aliphatic carbocycles. The van der Waals surface area contributed by atoms with E-state index in [1.807, 2.05) is 50.3 Å². The predicted molar refractivity (Wildman–Crippen MR) is 97.7 cm³/mol. The molecule has 0 N–H and O–H groups in total. The third-order valence-electron chi connectivity index (χ3n) is 5.59. The Morgan fingerprint density at radius 2 is 2.08 bits per heavy atom. The largest absolute Gasteiger partial charge is 0.465 e. The van der Waals surface area contributed by atoms with Gasteiger partial charge in [-0.25, -0.2) is 0 Å².